The number of aliphatic hydroxyl groups is 2. The van der Waals surface area contributed by atoms with Crippen molar-refractivity contribution >= 4 is 0 Å². The zero-order chi connectivity index (χ0) is 35.7. The van der Waals surface area contributed by atoms with Crippen LogP contribution in [0.3, 0.4) is 0 Å². The standard InChI is InChI=1S/C12H15F9O.C12H17F9O/c1-3-7-6(8(13)5(2)10(7,14)15)4-9(22,11(16,17)18)12(19,20)21;1-7(6-13)8(3-4-9(2,14)15)5-10(22,11(16,17)18)12(19,20)21/h5-8,22H,3-4H2,1-2H3;7-8,22H,3-6H2,1-2H3. The lowest BCUT2D eigenvalue weighted by atomic mass is 9.79. The molecule has 0 aromatic heterocycles. The van der Waals surface area contributed by atoms with Gasteiger partial charge in [-0.05, 0) is 38.0 Å². The van der Waals surface area contributed by atoms with Crippen molar-refractivity contribution in [3.63, 3.8) is 0 Å². The first-order chi connectivity index (χ1) is 19.2. The zero-order valence-corrected chi connectivity index (χ0v) is 23.4. The molecular formula is C24H32F18O2. The van der Waals surface area contributed by atoms with Crippen LogP contribution in [0, 0.1) is 29.6 Å². The van der Waals surface area contributed by atoms with E-state index < -0.39 is 122 Å². The molecule has 0 aromatic rings. The summed E-state index contributed by atoms with van der Waals surface area (Å²) in [5.74, 6) is -16.4. The molecule has 1 rings (SSSR count). The topological polar surface area (TPSA) is 40.5 Å². The summed E-state index contributed by atoms with van der Waals surface area (Å²) in [6.45, 7) is 2.02. The van der Waals surface area contributed by atoms with E-state index in [9.17, 15) is 79.0 Å². The van der Waals surface area contributed by atoms with E-state index in [4.69, 9.17) is 10.2 Å². The molecule has 1 aliphatic carbocycles. The predicted octanol–water partition coefficient (Wildman–Crippen LogP) is 9.39. The molecule has 0 saturated heterocycles. The van der Waals surface area contributed by atoms with Gasteiger partial charge in [0.15, 0.2) is 0 Å². The van der Waals surface area contributed by atoms with E-state index in [2.05, 4.69) is 0 Å². The van der Waals surface area contributed by atoms with E-state index in [1.54, 1.807) is 0 Å². The highest BCUT2D eigenvalue weighted by atomic mass is 19.4. The highest BCUT2D eigenvalue weighted by Crippen LogP contribution is 2.57. The van der Waals surface area contributed by atoms with Crippen LogP contribution in [0.5, 0.6) is 0 Å². The number of hydrogen-bond acceptors (Lipinski definition) is 2. The molecule has 0 heterocycles. The third kappa shape index (κ3) is 9.36. The van der Waals surface area contributed by atoms with Gasteiger partial charge in [-0.15, -0.1) is 0 Å². The van der Waals surface area contributed by atoms with Crippen molar-refractivity contribution in [3.8, 4) is 0 Å². The van der Waals surface area contributed by atoms with E-state index >= 15 is 0 Å². The molecule has 0 radical (unpaired) electrons. The minimum atomic E-state index is -6.15. The van der Waals surface area contributed by atoms with Crippen LogP contribution >= 0.6 is 0 Å². The monoisotopic (exact) mass is 694 g/mol. The first-order valence-corrected chi connectivity index (χ1v) is 12.8. The molecule has 2 nitrogen and oxygen atoms in total. The molecule has 0 amide bonds. The lowest BCUT2D eigenvalue weighted by molar-refractivity contribution is -0.374. The van der Waals surface area contributed by atoms with Crippen molar-refractivity contribution in [2.24, 2.45) is 29.6 Å². The van der Waals surface area contributed by atoms with E-state index in [1.165, 1.54) is 0 Å². The first-order valence-electron chi connectivity index (χ1n) is 12.8. The summed E-state index contributed by atoms with van der Waals surface area (Å²) in [4.78, 5) is 0. The lowest BCUT2D eigenvalue weighted by Gasteiger charge is -2.36. The van der Waals surface area contributed by atoms with E-state index in [1.807, 2.05) is 0 Å². The van der Waals surface area contributed by atoms with Crippen LogP contribution in [-0.4, -0.2) is 70.8 Å². The Kier molecular flexibility index (Phi) is 13.4. The summed E-state index contributed by atoms with van der Waals surface area (Å²) >= 11 is 0. The highest BCUT2D eigenvalue weighted by molar-refractivity contribution is 5.06. The van der Waals surface area contributed by atoms with Gasteiger partial charge in [0.25, 0.3) is 17.1 Å². The Morgan fingerprint density at radius 2 is 1.14 bits per heavy atom. The number of alkyl halides is 18. The van der Waals surface area contributed by atoms with Gasteiger partial charge in [0, 0.05) is 24.7 Å². The molecule has 44 heavy (non-hydrogen) atoms. The van der Waals surface area contributed by atoms with Gasteiger partial charge in [-0.3, -0.25) is 4.39 Å². The van der Waals surface area contributed by atoms with Crippen molar-refractivity contribution in [1.82, 2.24) is 0 Å². The van der Waals surface area contributed by atoms with Gasteiger partial charge < -0.3 is 10.2 Å². The van der Waals surface area contributed by atoms with E-state index in [-0.39, 0.29) is 0 Å². The van der Waals surface area contributed by atoms with Gasteiger partial charge >= 0.3 is 24.7 Å². The average molecular weight is 694 g/mol. The average Bonchev–Trinajstić information content (AvgIpc) is 2.96. The lowest BCUT2D eigenvalue weighted by Crippen LogP contribution is -2.58. The molecule has 6 unspecified atom stereocenters. The van der Waals surface area contributed by atoms with Crippen LogP contribution in [0.25, 0.3) is 0 Å². The van der Waals surface area contributed by atoms with Crippen molar-refractivity contribution in [1.29, 1.82) is 0 Å². The second-order valence-corrected chi connectivity index (χ2v) is 11.2. The molecular weight excluding hydrogens is 662 g/mol. The molecule has 0 aromatic carbocycles. The van der Waals surface area contributed by atoms with Crippen LogP contribution in [0.4, 0.5) is 79.0 Å². The summed E-state index contributed by atoms with van der Waals surface area (Å²) in [7, 11) is 0. The van der Waals surface area contributed by atoms with Crippen molar-refractivity contribution in [3.05, 3.63) is 0 Å². The molecule has 20 heteroatoms. The fraction of sp³-hybridized carbons (Fsp3) is 1.00. The Labute approximate surface area is 240 Å². The summed E-state index contributed by atoms with van der Waals surface area (Å²) in [5.41, 5.74) is -10.3. The van der Waals surface area contributed by atoms with Crippen LogP contribution < -0.4 is 0 Å². The van der Waals surface area contributed by atoms with Crippen molar-refractivity contribution in [2.45, 2.75) is 114 Å². The molecule has 2 N–H and O–H groups in total. The number of rotatable bonds is 10. The highest BCUT2D eigenvalue weighted by Gasteiger charge is 2.73. The third-order valence-corrected chi connectivity index (χ3v) is 7.91. The normalized spacial score (nSPS) is 25.4. The van der Waals surface area contributed by atoms with Gasteiger partial charge in [0.1, 0.15) is 6.17 Å². The maximum Gasteiger partial charge on any atom is 0.426 e. The van der Waals surface area contributed by atoms with Gasteiger partial charge in [-0.2, -0.15) is 52.7 Å². The van der Waals surface area contributed by atoms with E-state index in [0.717, 1.165) is 20.8 Å². The maximum absolute atomic E-state index is 13.9. The largest absolute Gasteiger partial charge is 0.426 e. The van der Waals surface area contributed by atoms with Crippen molar-refractivity contribution < 1.29 is 89.2 Å². The van der Waals surface area contributed by atoms with E-state index in [0.29, 0.717) is 6.92 Å². The smallest absolute Gasteiger partial charge is 0.374 e. The van der Waals surface area contributed by atoms with Gasteiger partial charge in [0.05, 0.1) is 12.6 Å². The molecule has 0 bridgehead atoms. The minimum absolute atomic E-state index is 0.448. The predicted molar refractivity (Wildman–Crippen MR) is 118 cm³/mol. The maximum atomic E-state index is 13.9. The summed E-state index contributed by atoms with van der Waals surface area (Å²) < 4.78 is 231. The fourth-order valence-electron chi connectivity index (χ4n) is 4.92. The molecule has 1 saturated carbocycles. The van der Waals surface area contributed by atoms with Crippen LogP contribution in [0.1, 0.15) is 59.8 Å². The molecule has 1 fully saturated rings. The molecule has 266 valence electrons. The second kappa shape index (κ2) is 13.8. The Bertz CT molecular complexity index is 858. The number of halogens is 18. The molecule has 0 aliphatic heterocycles. The van der Waals surface area contributed by atoms with Crippen LogP contribution in [0.2, 0.25) is 0 Å². The zero-order valence-electron chi connectivity index (χ0n) is 23.4. The minimum Gasteiger partial charge on any atom is -0.374 e. The molecule has 0 spiro atoms. The Morgan fingerprint density at radius 3 is 1.43 bits per heavy atom. The Morgan fingerprint density at radius 1 is 0.750 bits per heavy atom. The fourth-order valence-corrected chi connectivity index (χ4v) is 4.92. The van der Waals surface area contributed by atoms with Crippen LogP contribution in [0.15, 0.2) is 0 Å². The Hall–Kier alpha value is -1.34. The van der Waals surface area contributed by atoms with Gasteiger partial charge in [-0.25, -0.2) is 22.0 Å². The summed E-state index contributed by atoms with van der Waals surface area (Å²) in [5, 5.41) is 18.1. The van der Waals surface area contributed by atoms with Gasteiger partial charge in [-0.1, -0.05) is 20.8 Å². The quantitative estimate of drug-likeness (QED) is 0.224. The molecule has 6 atom stereocenters. The third-order valence-electron chi connectivity index (χ3n) is 7.91. The second-order valence-electron chi connectivity index (χ2n) is 11.2. The van der Waals surface area contributed by atoms with Crippen LogP contribution in [-0.2, 0) is 0 Å². The summed E-state index contributed by atoms with van der Waals surface area (Å²) in [6, 6.07) is 0. The summed E-state index contributed by atoms with van der Waals surface area (Å²) in [6.07, 6.45) is -33.3. The SMILES string of the molecule is CC(CF)C(CCC(C)(F)F)CC(O)(C(F)(F)F)C(F)(F)F.CCC1C(CC(O)(C(F)(F)F)C(F)(F)F)C(F)C(C)C1(F)F. The first kappa shape index (κ1) is 42.7. The Balaban J connectivity index is 0.000000840. The van der Waals surface area contributed by atoms with Gasteiger partial charge in [0.2, 0.25) is 5.92 Å². The molecule has 1 aliphatic rings. The number of hydrogen-bond donors (Lipinski definition) is 2. The van der Waals surface area contributed by atoms with Crippen molar-refractivity contribution in [2.75, 3.05) is 6.67 Å².